The van der Waals surface area contributed by atoms with E-state index in [0.717, 1.165) is 5.56 Å². The molecule has 0 unspecified atom stereocenters. The van der Waals surface area contributed by atoms with Crippen molar-refractivity contribution in [3.63, 3.8) is 0 Å². The molecule has 0 aliphatic carbocycles. The fourth-order valence-corrected chi connectivity index (χ4v) is 1.79. The number of carbonyl (C=O) groups excluding carboxylic acids is 2. The van der Waals surface area contributed by atoms with Crippen LogP contribution in [0, 0.1) is 0 Å². The number of ether oxygens (including phenoxy) is 2. The summed E-state index contributed by atoms with van der Waals surface area (Å²) in [4.78, 5) is 29.1. The topological polar surface area (TPSA) is 86.2 Å². The van der Waals surface area contributed by atoms with Gasteiger partial charge in [-0.2, -0.15) is 0 Å². The fraction of sp³-hybridized carbons (Fsp3) is 0.421. The van der Waals surface area contributed by atoms with Crippen LogP contribution in [0.5, 0.6) is 0 Å². The lowest BCUT2D eigenvalue weighted by atomic mass is 10.2. The SMILES string of the molecule is C=CCOC(=O)[C@H](C/C=N/OCc1ccccc1)NC(=O)OC(C)(C)C. The van der Waals surface area contributed by atoms with Crippen LogP contribution in [-0.2, 0) is 25.7 Å². The number of nitrogens with one attached hydrogen (secondary N) is 1. The van der Waals surface area contributed by atoms with Crippen molar-refractivity contribution in [3.8, 4) is 0 Å². The maximum absolute atomic E-state index is 12.0. The first kappa shape index (κ1) is 21.2. The zero-order valence-corrected chi connectivity index (χ0v) is 15.4. The lowest BCUT2D eigenvalue weighted by Crippen LogP contribution is -2.44. The number of rotatable bonds is 9. The van der Waals surface area contributed by atoms with Gasteiger partial charge in [-0.1, -0.05) is 48.1 Å². The first-order chi connectivity index (χ1) is 12.3. The third-order valence-corrected chi connectivity index (χ3v) is 2.88. The number of oxime groups is 1. The molecule has 0 radical (unpaired) electrons. The Morgan fingerprint density at radius 2 is 1.96 bits per heavy atom. The van der Waals surface area contributed by atoms with Crippen molar-refractivity contribution in [2.75, 3.05) is 6.61 Å². The van der Waals surface area contributed by atoms with Crippen LogP contribution >= 0.6 is 0 Å². The molecule has 26 heavy (non-hydrogen) atoms. The molecule has 1 atom stereocenters. The van der Waals surface area contributed by atoms with E-state index < -0.39 is 23.7 Å². The zero-order valence-electron chi connectivity index (χ0n) is 15.4. The Kier molecular flexibility index (Phi) is 8.91. The minimum Gasteiger partial charge on any atom is -0.460 e. The Labute approximate surface area is 154 Å². The monoisotopic (exact) mass is 362 g/mol. The summed E-state index contributed by atoms with van der Waals surface area (Å²) in [5.74, 6) is -0.606. The van der Waals surface area contributed by atoms with Gasteiger partial charge < -0.3 is 19.6 Å². The van der Waals surface area contributed by atoms with Gasteiger partial charge in [0.1, 0.15) is 24.9 Å². The Hall–Kier alpha value is -2.83. The highest BCUT2D eigenvalue weighted by Crippen LogP contribution is 2.07. The molecule has 7 nitrogen and oxygen atoms in total. The normalized spacial score (nSPS) is 12.3. The summed E-state index contributed by atoms with van der Waals surface area (Å²) in [5.41, 5.74) is 0.297. The molecular weight excluding hydrogens is 336 g/mol. The predicted octanol–water partition coefficient (Wildman–Crippen LogP) is 3.20. The molecule has 0 aromatic heterocycles. The molecular formula is C19H26N2O5. The number of benzene rings is 1. The van der Waals surface area contributed by atoms with Gasteiger partial charge in [0.05, 0.1) is 0 Å². The number of hydrogen-bond donors (Lipinski definition) is 1. The quantitative estimate of drug-likeness (QED) is 0.315. The van der Waals surface area contributed by atoms with Crippen LogP contribution in [0.25, 0.3) is 0 Å². The third kappa shape index (κ3) is 9.46. The van der Waals surface area contributed by atoms with E-state index >= 15 is 0 Å². The van der Waals surface area contributed by atoms with Crippen LogP contribution in [-0.4, -0.2) is 36.5 Å². The number of nitrogens with zero attached hydrogens (tertiary/aromatic N) is 1. The van der Waals surface area contributed by atoms with Crippen LogP contribution in [0.15, 0.2) is 48.1 Å². The molecule has 0 spiro atoms. The minimum absolute atomic E-state index is 0.0486. The minimum atomic E-state index is -0.936. The van der Waals surface area contributed by atoms with Gasteiger partial charge in [-0.15, -0.1) is 0 Å². The maximum Gasteiger partial charge on any atom is 0.408 e. The van der Waals surface area contributed by atoms with E-state index in [2.05, 4.69) is 17.1 Å². The molecule has 0 saturated heterocycles. The second-order valence-electron chi connectivity index (χ2n) is 6.40. The second kappa shape index (κ2) is 10.9. The van der Waals surface area contributed by atoms with Crippen LogP contribution in [0.2, 0.25) is 0 Å². The second-order valence-corrected chi connectivity index (χ2v) is 6.40. The summed E-state index contributed by atoms with van der Waals surface area (Å²) in [5, 5.41) is 6.28. The van der Waals surface area contributed by atoms with E-state index in [9.17, 15) is 9.59 Å². The first-order valence-electron chi connectivity index (χ1n) is 8.26. The van der Waals surface area contributed by atoms with E-state index in [1.165, 1.54) is 12.3 Å². The zero-order chi connectivity index (χ0) is 19.4. The third-order valence-electron chi connectivity index (χ3n) is 2.88. The van der Waals surface area contributed by atoms with Crippen molar-refractivity contribution >= 4 is 18.3 Å². The number of hydrogen-bond acceptors (Lipinski definition) is 6. The average molecular weight is 362 g/mol. The molecule has 0 fully saturated rings. The largest absolute Gasteiger partial charge is 0.460 e. The van der Waals surface area contributed by atoms with Crippen LogP contribution < -0.4 is 5.32 Å². The summed E-state index contributed by atoms with van der Waals surface area (Å²) in [6.45, 7) is 9.04. The van der Waals surface area contributed by atoms with E-state index in [1.54, 1.807) is 20.8 Å². The van der Waals surface area contributed by atoms with Crippen molar-refractivity contribution in [3.05, 3.63) is 48.6 Å². The van der Waals surface area contributed by atoms with Gasteiger partial charge in [-0.05, 0) is 26.3 Å². The molecule has 1 aromatic carbocycles. The van der Waals surface area contributed by atoms with E-state index in [0.29, 0.717) is 6.61 Å². The van der Waals surface area contributed by atoms with Gasteiger partial charge in [-0.25, -0.2) is 9.59 Å². The molecule has 0 heterocycles. The Balaban J connectivity index is 2.54. The van der Waals surface area contributed by atoms with Crippen LogP contribution in [0.3, 0.4) is 0 Å². The number of amides is 1. The highest BCUT2D eigenvalue weighted by Gasteiger charge is 2.24. The molecule has 1 amide bonds. The Morgan fingerprint density at radius 1 is 1.27 bits per heavy atom. The average Bonchev–Trinajstić information content (AvgIpc) is 2.57. The molecule has 142 valence electrons. The standard InChI is InChI=1S/C19H26N2O5/c1-5-13-24-17(22)16(21-18(23)26-19(2,3)4)11-12-20-25-14-15-9-7-6-8-10-15/h5-10,12,16H,1,11,13-14H2,2-4H3,(H,21,23)/b20-12+/t16-/m0/s1. The highest BCUT2D eigenvalue weighted by molar-refractivity contribution is 5.84. The number of alkyl carbamates (subject to hydrolysis) is 1. The van der Waals surface area contributed by atoms with Gasteiger partial charge in [0.15, 0.2) is 0 Å². The molecule has 1 N–H and O–H groups in total. The van der Waals surface area contributed by atoms with Crippen LogP contribution in [0.4, 0.5) is 4.79 Å². The van der Waals surface area contributed by atoms with Crippen molar-refractivity contribution in [1.29, 1.82) is 0 Å². The lowest BCUT2D eigenvalue weighted by Gasteiger charge is -2.22. The predicted molar refractivity (Wildman–Crippen MR) is 98.7 cm³/mol. The molecule has 1 rings (SSSR count). The summed E-state index contributed by atoms with van der Waals surface area (Å²) >= 11 is 0. The molecule has 0 aliphatic heterocycles. The highest BCUT2D eigenvalue weighted by atomic mass is 16.6. The van der Waals surface area contributed by atoms with E-state index in [-0.39, 0.29) is 13.0 Å². The van der Waals surface area contributed by atoms with Gasteiger partial charge in [-0.3, -0.25) is 0 Å². The van der Waals surface area contributed by atoms with Gasteiger partial charge in [0.2, 0.25) is 0 Å². The Bertz CT molecular complexity index is 608. The molecule has 0 bridgehead atoms. The first-order valence-corrected chi connectivity index (χ1v) is 8.26. The smallest absolute Gasteiger partial charge is 0.408 e. The summed E-state index contributed by atoms with van der Waals surface area (Å²) in [6, 6.07) is 8.60. The summed E-state index contributed by atoms with van der Waals surface area (Å²) < 4.78 is 10.1. The molecule has 7 heteroatoms. The van der Waals surface area contributed by atoms with E-state index in [4.69, 9.17) is 14.3 Å². The molecule has 0 saturated carbocycles. The van der Waals surface area contributed by atoms with Crippen molar-refractivity contribution < 1.29 is 23.9 Å². The summed E-state index contributed by atoms with van der Waals surface area (Å²) in [7, 11) is 0. The maximum atomic E-state index is 12.0. The lowest BCUT2D eigenvalue weighted by molar-refractivity contribution is -0.144. The summed E-state index contributed by atoms with van der Waals surface area (Å²) in [6.07, 6.45) is 2.24. The van der Waals surface area contributed by atoms with Gasteiger partial charge >= 0.3 is 12.1 Å². The van der Waals surface area contributed by atoms with Crippen molar-refractivity contribution in [2.24, 2.45) is 5.16 Å². The fourth-order valence-electron chi connectivity index (χ4n) is 1.79. The number of esters is 1. The van der Waals surface area contributed by atoms with Crippen molar-refractivity contribution in [2.45, 2.75) is 45.4 Å². The number of carbonyl (C=O) groups is 2. The van der Waals surface area contributed by atoms with Crippen LogP contribution in [0.1, 0.15) is 32.8 Å². The Morgan fingerprint density at radius 3 is 2.58 bits per heavy atom. The van der Waals surface area contributed by atoms with E-state index in [1.807, 2.05) is 30.3 Å². The van der Waals surface area contributed by atoms with Gasteiger partial charge in [0, 0.05) is 12.6 Å². The molecule has 0 aliphatic rings. The van der Waals surface area contributed by atoms with Crippen molar-refractivity contribution in [1.82, 2.24) is 5.32 Å². The molecule has 1 aromatic rings. The van der Waals surface area contributed by atoms with Gasteiger partial charge in [0.25, 0.3) is 0 Å².